The molecule has 0 heterocycles. The van der Waals surface area contributed by atoms with Gasteiger partial charge in [-0.3, -0.25) is 0 Å². The summed E-state index contributed by atoms with van der Waals surface area (Å²) in [7, 11) is 0. The number of hydrogen-bond donors (Lipinski definition) is 3. The van der Waals surface area contributed by atoms with Crippen LogP contribution in [0.2, 0.25) is 5.02 Å². The maximum atomic E-state index is 13.4. The molecule has 0 saturated heterocycles. The Kier molecular flexibility index (Phi) is 3.81. The number of oxime groups is 1. The van der Waals surface area contributed by atoms with Crippen molar-refractivity contribution in [3.63, 3.8) is 0 Å². The van der Waals surface area contributed by atoms with Gasteiger partial charge in [-0.05, 0) is 30.7 Å². The first-order chi connectivity index (χ1) is 9.45. The van der Waals surface area contributed by atoms with E-state index in [4.69, 9.17) is 21.9 Å². The van der Waals surface area contributed by atoms with Gasteiger partial charge in [-0.25, -0.2) is 4.39 Å². The van der Waals surface area contributed by atoms with E-state index in [1.165, 1.54) is 25.1 Å². The largest absolute Gasteiger partial charge is 0.506 e. The van der Waals surface area contributed by atoms with Crippen molar-refractivity contribution >= 4 is 17.3 Å². The second-order valence-electron chi connectivity index (χ2n) is 4.17. The van der Waals surface area contributed by atoms with Crippen LogP contribution in [0.5, 0.6) is 11.5 Å². The Balaban J connectivity index is 2.59. The van der Waals surface area contributed by atoms with Gasteiger partial charge in [0.1, 0.15) is 5.75 Å². The predicted octanol–water partition coefficient (Wildman–Crippen LogP) is 3.76. The van der Waals surface area contributed by atoms with E-state index in [9.17, 15) is 9.50 Å². The molecule has 0 atom stereocenters. The average molecular weight is 296 g/mol. The zero-order valence-corrected chi connectivity index (χ0v) is 11.2. The molecule has 0 aromatic heterocycles. The van der Waals surface area contributed by atoms with Crippen LogP contribution >= 0.6 is 11.6 Å². The number of nitrogens with zero attached hydrogens (tertiary/aromatic N) is 1. The van der Waals surface area contributed by atoms with Gasteiger partial charge in [-0.1, -0.05) is 28.9 Å². The fraction of sp³-hybridized carbons (Fsp3) is 0.0714. The van der Waals surface area contributed by atoms with Crippen LogP contribution in [-0.2, 0) is 0 Å². The lowest BCUT2D eigenvalue weighted by atomic mass is 10.0. The van der Waals surface area contributed by atoms with E-state index in [0.717, 1.165) is 6.07 Å². The van der Waals surface area contributed by atoms with E-state index in [1.54, 1.807) is 6.07 Å². The number of aromatic hydroxyl groups is 2. The minimum atomic E-state index is -0.782. The summed E-state index contributed by atoms with van der Waals surface area (Å²) in [6.45, 7) is 1.51. The molecule has 3 N–H and O–H groups in total. The summed E-state index contributed by atoms with van der Waals surface area (Å²) in [6.07, 6.45) is 0. The number of hydrogen-bond acceptors (Lipinski definition) is 4. The van der Waals surface area contributed by atoms with Crippen molar-refractivity contribution in [2.45, 2.75) is 6.92 Å². The normalized spacial score (nSPS) is 11.7. The topological polar surface area (TPSA) is 73.1 Å². The molecule has 0 bridgehead atoms. The van der Waals surface area contributed by atoms with Gasteiger partial charge in [0.05, 0.1) is 10.7 Å². The molecule has 0 spiro atoms. The Labute approximate surface area is 119 Å². The predicted molar refractivity (Wildman–Crippen MR) is 74.2 cm³/mol. The zero-order chi connectivity index (χ0) is 14.9. The maximum Gasteiger partial charge on any atom is 0.165 e. The average Bonchev–Trinajstić information content (AvgIpc) is 2.44. The Morgan fingerprint density at radius 1 is 1.20 bits per heavy atom. The van der Waals surface area contributed by atoms with Crippen LogP contribution < -0.4 is 0 Å². The lowest BCUT2D eigenvalue weighted by Crippen LogP contribution is -1.96. The van der Waals surface area contributed by atoms with E-state index in [1.807, 2.05) is 0 Å². The second kappa shape index (κ2) is 5.38. The Bertz CT molecular complexity index is 701. The number of rotatable bonds is 2. The standard InChI is InChI=1S/C14H11ClFNO3/c1-7(17-20)9-3-4-10(13(15)14(9)19)8-2-5-12(18)11(16)6-8/h2-6,18-20H,1H3/b17-7+. The molecule has 0 radical (unpaired) electrons. The summed E-state index contributed by atoms with van der Waals surface area (Å²) in [5.74, 6) is -1.50. The number of halogens is 2. The van der Waals surface area contributed by atoms with Gasteiger partial charge in [0.15, 0.2) is 11.6 Å². The van der Waals surface area contributed by atoms with E-state index in [2.05, 4.69) is 5.16 Å². The molecule has 0 aliphatic rings. The van der Waals surface area contributed by atoms with Crippen molar-refractivity contribution in [1.82, 2.24) is 0 Å². The lowest BCUT2D eigenvalue weighted by molar-refractivity contribution is 0.318. The minimum absolute atomic E-state index is 0.00981. The highest BCUT2D eigenvalue weighted by Gasteiger charge is 2.15. The minimum Gasteiger partial charge on any atom is -0.506 e. The third kappa shape index (κ3) is 2.40. The third-order valence-corrected chi connectivity index (χ3v) is 3.30. The molecular formula is C14H11ClFNO3. The van der Waals surface area contributed by atoms with Gasteiger partial charge in [0, 0.05) is 11.1 Å². The molecule has 0 saturated carbocycles. The Morgan fingerprint density at radius 2 is 1.90 bits per heavy atom. The molecule has 0 amide bonds. The summed E-state index contributed by atoms with van der Waals surface area (Å²) in [5, 5.41) is 30.9. The van der Waals surface area contributed by atoms with E-state index in [0.29, 0.717) is 11.1 Å². The van der Waals surface area contributed by atoms with Gasteiger partial charge in [0.25, 0.3) is 0 Å². The maximum absolute atomic E-state index is 13.4. The molecule has 0 aliphatic heterocycles. The molecule has 2 aromatic rings. The zero-order valence-electron chi connectivity index (χ0n) is 10.4. The van der Waals surface area contributed by atoms with Crippen LogP contribution in [0.3, 0.4) is 0 Å². The summed E-state index contributed by atoms with van der Waals surface area (Å²) < 4.78 is 13.4. The van der Waals surface area contributed by atoms with Crippen LogP contribution in [0.25, 0.3) is 11.1 Å². The third-order valence-electron chi connectivity index (χ3n) is 2.91. The van der Waals surface area contributed by atoms with E-state index in [-0.39, 0.29) is 22.0 Å². The summed E-state index contributed by atoms with van der Waals surface area (Å²) in [5.41, 5.74) is 1.29. The van der Waals surface area contributed by atoms with Gasteiger partial charge in [0.2, 0.25) is 0 Å². The van der Waals surface area contributed by atoms with Crippen molar-refractivity contribution in [3.05, 3.63) is 46.7 Å². The molecule has 0 fully saturated rings. The Morgan fingerprint density at radius 3 is 2.50 bits per heavy atom. The van der Waals surface area contributed by atoms with Crippen molar-refractivity contribution in [2.75, 3.05) is 0 Å². The van der Waals surface area contributed by atoms with Crippen LogP contribution in [0.4, 0.5) is 4.39 Å². The fourth-order valence-corrected chi connectivity index (χ4v) is 2.08. The van der Waals surface area contributed by atoms with Crippen LogP contribution in [-0.4, -0.2) is 21.1 Å². The molecule has 2 aromatic carbocycles. The number of benzene rings is 2. The summed E-state index contributed by atoms with van der Waals surface area (Å²) in [4.78, 5) is 0. The number of phenols is 2. The Hall–Kier alpha value is -2.27. The molecule has 6 heteroatoms. The van der Waals surface area contributed by atoms with Crippen molar-refractivity contribution in [3.8, 4) is 22.6 Å². The fourth-order valence-electron chi connectivity index (χ4n) is 1.81. The molecule has 2 rings (SSSR count). The second-order valence-corrected chi connectivity index (χ2v) is 4.55. The molecule has 20 heavy (non-hydrogen) atoms. The summed E-state index contributed by atoms with van der Waals surface area (Å²) >= 11 is 6.05. The van der Waals surface area contributed by atoms with Gasteiger partial charge < -0.3 is 15.4 Å². The monoisotopic (exact) mass is 295 g/mol. The highest BCUT2D eigenvalue weighted by atomic mass is 35.5. The lowest BCUT2D eigenvalue weighted by Gasteiger charge is -2.10. The van der Waals surface area contributed by atoms with Crippen molar-refractivity contribution in [1.29, 1.82) is 0 Å². The highest BCUT2D eigenvalue weighted by molar-refractivity contribution is 6.35. The first kappa shape index (κ1) is 14.1. The van der Waals surface area contributed by atoms with Crippen LogP contribution in [0.1, 0.15) is 12.5 Å². The molecule has 0 aliphatic carbocycles. The van der Waals surface area contributed by atoms with Gasteiger partial charge >= 0.3 is 0 Å². The number of phenolic OH excluding ortho intramolecular Hbond substituents is 2. The van der Waals surface area contributed by atoms with Crippen molar-refractivity contribution in [2.24, 2.45) is 5.16 Å². The van der Waals surface area contributed by atoms with Gasteiger partial charge in [-0.2, -0.15) is 0 Å². The van der Waals surface area contributed by atoms with Crippen LogP contribution in [0, 0.1) is 5.82 Å². The SMILES string of the molecule is C/C(=N\O)c1ccc(-c2ccc(O)c(F)c2)c(Cl)c1O. The van der Waals surface area contributed by atoms with Crippen molar-refractivity contribution < 1.29 is 19.8 Å². The first-order valence-electron chi connectivity index (χ1n) is 5.65. The van der Waals surface area contributed by atoms with E-state index >= 15 is 0 Å². The molecule has 4 nitrogen and oxygen atoms in total. The smallest absolute Gasteiger partial charge is 0.165 e. The van der Waals surface area contributed by atoms with Gasteiger partial charge in [-0.15, -0.1) is 0 Å². The van der Waals surface area contributed by atoms with Crippen LogP contribution in [0.15, 0.2) is 35.5 Å². The first-order valence-corrected chi connectivity index (χ1v) is 6.03. The molecule has 104 valence electrons. The molecular weight excluding hydrogens is 285 g/mol. The summed E-state index contributed by atoms with van der Waals surface area (Å²) in [6, 6.07) is 6.87. The van der Waals surface area contributed by atoms with E-state index < -0.39 is 11.6 Å². The molecule has 0 unspecified atom stereocenters. The highest BCUT2D eigenvalue weighted by Crippen LogP contribution is 2.38. The quantitative estimate of drug-likeness (QED) is 0.449.